The first-order valence-corrected chi connectivity index (χ1v) is 12.3. The van der Waals surface area contributed by atoms with E-state index in [9.17, 15) is 9.59 Å². The maximum atomic E-state index is 13.2. The number of anilines is 1. The van der Waals surface area contributed by atoms with Crippen molar-refractivity contribution in [1.82, 2.24) is 14.8 Å². The number of hydrogen-bond donors (Lipinski definition) is 1. The highest BCUT2D eigenvalue weighted by molar-refractivity contribution is 6.25. The molecule has 0 saturated carbocycles. The summed E-state index contributed by atoms with van der Waals surface area (Å²) in [6.45, 7) is 17.6. The van der Waals surface area contributed by atoms with Gasteiger partial charge in [0.25, 0.3) is 5.91 Å². The summed E-state index contributed by atoms with van der Waals surface area (Å²) in [6.07, 6.45) is 8.33. The Morgan fingerprint density at radius 2 is 1.83 bits per heavy atom. The van der Waals surface area contributed by atoms with Crippen LogP contribution in [0.4, 0.5) is 5.69 Å². The van der Waals surface area contributed by atoms with E-state index in [0.717, 1.165) is 55.0 Å². The molecule has 0 bridgehead atoms. The van der Waals surface area contributed by atoms with Gasteiger partial charge in [0.1, 0.15) is 0 Å². The summed E-state index contributed by atoms with van der Waals surface area (Å²) in [6, 6.07) is 7.81. The van der Waals surface area contributed by atoms with Gasteiger partial charge in [0.15, 0.2) is 6.29 Å². The van der Waals surface area contributed by atoms with E-state index < -0.39 is 0 Å². The van der Waals surface area contributed by atoms with Crippen LogP contribution in [-0.4, -0.2) is 62.4 Å². The first kappa shape index (κ1) is 28.6. The molecule has 1 aromatic heterocycles. The lowest BCUT2D eigenvalue weighted by atomic mass is 9.90. The minimum absolute atomic E-state index is 0.273. The third-order valence-electron chi connectivity index (χ3n) is 6.58. The summed E-state index contributed by atoms with van der Waals surface area (Å²) in [5.74, 6) is -0.350. The highest BCUT2D eigenvalue weighted by Gasteiger charge is 2.25. The molecule has 1 N–H and O–H groups in total. The molecule has 0 fully saturated rings. The predicted octanol–water partition coefficient (Wildman–Crippen LogP) is 4.82. The zero-order valence-corrected chi connectivity index (χ0v) is 22.6. The maximum Gasteiger partial charge on any atom is 0.252 e. The molecule has 6 nitrogen and oxygen atoms in total. The van der Waals surface area contributed by atoms with Crippen molar-refractivity contribution < 1.29 is 9.59 Å². The van der Waals surface area contributed by atoms with Gasteiger partial charge in [0, 0.05) is 68.0 Å². The summed E-state index contributed by atoms with van der Waals surface area (Å²) < 4.78 is 2.13. The minimum Gasteiger partial charge on any atom is -0.374 e. The van der Waals surface area contributed by atoms with Gasteiger partial charge in [-0.15, -0.1) is 0 Å². The Bertz CT molecular complexity index is 1170. The van der Waals surface area contributed by atoms with Crippen molar-refractivity contribution in [1.29, 1.82) is 0 Å². The lowest BCUT2D eigenvalue weighted by Crippen LogP contribution is -2.23. The van der Waals surface area contributed by atoms with Crippen LogP contribution < -0.4 is 10.2 Å². The van der Waals surface area contributed by atoms with Crippen molar-refractivity contribution in [2.45, 2.75) is 27.3 Å². The van der Waals surface area contributed by atoms with E-state index in [1.54, 1.807) is 13.1 Å². The molecule has 0 aliphatic carbocycles. The molecule has 0 spiro atoms. The van der Waals surface area contributed by atoms with Gasteiger partial charge in [0.2, 0.25) is 0 Å². The Balaban J connectivity index is 2.79. The molecule has 1 aromatic carbocycles. The van der Waals surface area contributed by atoms with Crippen LogP contribution >= 0.6 is 0 Å². The molecule has 192 valence electrons. The Kier molecular flexibility index (Phi) is 10.7. The first-order valence-electron chi connectivity index (χ1n) is 12.3. The number of hydrogen-bond acceptors (Lipinski definition) is 4. The second-order valence-electron chi connectivity index (χ2n) is 8.73. The van der Waals surface area contributed by atoms with Crippen LogP contribution in [-0.2, 0) is 16.1 Å². The van der Waals surface area contributed by atoms with Crippen LogP contribution in [0.3, 0.4) is 0 Å². The molecular formula is C30H40N4O2. The van der Waals surface area contributed by atoms with Crippen LogP contribution in [0.1, 0.15) is 36.2 Å². The summed E-state index contributed by atoms with van der Waals surface area (Å²) in [4.78, 5) is 30.2. The van der Waals surface area contributed by atoms with Crippen molar-refractivity contribution >= 4 is 35.1 Å². The highest BCUT2D eigenvalue weighted by Crippen LogP contribution is 2.35. The quantitative estimate of drug-likeness (QED) is 0.250. The number of nitrogens with zero attached hydrogens (tertiary/aromatic N) is 3. The third-order valence-corrected chi connectivity index (χ3v) is 6.58. The number of carbonyl (C=O) groups is 2. The topological polar surface area (TPSA) is 57.6 Å². The Labute approximate surface area is 216 Å². The Morgan fingerprint density at radius 3 is 2.42 bits per heavy atom. The van der Waals surface area contributed by atoms with E-state index in [4.69, 9.17) is 0 Å². The monoisotopic (exact) mass is 488 g/mol. The molecule has 0 aliphatic rings. The largest absolute Gasteiger partial charge is 0.374 e. The van der Waals surface area contributed by atoms with Gasteiger partial charge in [-0.05, 0) is 50.7 Å². The lowest BCUT2D eigenvalue weighted by molar-refractivity contribution is -0.116. The van der Waals surface area contributed by atoms with Gasteiger partial charge in [-0.3, -0.25) is 9.59 Å². The summed E-state index contributed by atoms with van der Waals surface area (Å²) in [5, 5.41) is 2.71. The number of amides is 1. The summed E-state index contributed by atoms with van der Waals surface area (Å²) in [7, 11) is 5.64. The van der Waals surface area contributed by atoms with Crippen LogP contribution in [0.5, 0.6) is 0 Å². The number of para-hydroxylation sites is 1. The van der Waals surface area contributed by atoms with Crippen molar-refractivity contribution in [2.24, 2.45) is 0 Å². The van der Waals surface area contributed by atoms with Gasteiger partial charge >= 0.3 is 0 Å². The van der Waals surface area contributed by atoms with E-state index in [2.05, 4.69) is 53.7 Å². The molecule has 1 amide bonds. The maximum absolute atomic E-state index is 13.2. The van der Waals surface area contributed by atoms with Crippen LogP contribution in [0, 0.1) is 6.92 Å². The molecule has 0 atom stereocenters. The number of allylic oxidation sites excluding steroid dienone is 3. The third kappa shape index (κ3) is 6.32. The SMILES string of the molecule is C=C/C=C\c1c(C)c(/C(C=O)=C(\C(=C)c2ccccc2N(C)CC)C(=O)NC)cn1CCN(C)CC. The number of rotatable bonds is 13. The van der Waals surface area contributed by atoms with E-state index in [1.807, 2.05) is 56.6 Å². The van der Waals surface area contributed by atoms with E-state index >= 15 is 0 Å². The molecule has 36 heavy (non-hydrogen) atoms. The Morgan fingerprint density at radius 1 is 1.14 bits per heavy atom. The average molecular weight is 489 g/mol. The van der Waals surface area contributed by atoms with Crippen LogP contribution in [0.15, 0.2) is 61.3 Å². The molecule has 1 heterocycles. The lowest BCUT2D eigenvalue weighted by Gasteiger charge is -2.23. The highest BCUT2D eigenvalue weighted by atomic mass is 16.1. The normalized spacial score (nSPS) is 12.0. The minimum atomic E-state index is -0.350. The van der Waals surface area contributed by atoms with Crippen LogP contribution in [0.2, 0.25) is 0 Å². The van der Waals surface area contributed by atoms with Crippen molar-refractivity contribution in [3.8, 4) is 0 Å². The molecule has 0 radical (unpaired) electrons. The zero-order chi connectivity index (χ0) is 26.8. The number of benzene rings is 1. The second kappa shape index (κ2) is 13.4. The smallest absolute Gasteiger partial charge is 0.252 e. The number of likely N-dealkylation sites (N-methyl/N-ethyl adjacent to an activating group) is 2. The predicted molar refractivity (Wildman–Crippen MR) is 153 cm³/mol. The number of carbonyl (C=O) groups excluding carboxylic acids is 2. The van der Waals surface area contributed by atoms with Gasteiger partial charge in [-0.1, -0.05) is 50.4 Å². The number of aldehydes is 1. The van der Waals surface area contributed by atoms with Gasteiger partial charge in [-0.25, -0.2) is 0 Å². The van der Waals surface area contributed by atoms with Gasteiger partial charge in [-0.2, -0.15) is 0 Å². The molecule has 0 aliphatic heterocycles. The molecule has 0 unspecified atom stereocenters. The molecule has 6 heteroatoms. The fraction of sp³-hybridized carbons (Fsp3) is 0.333. The number of aromatic nitrogens is 1. The van der Waals surface area contributed by atoms with E-state index in [0.29, 0.717) is 16.7 Å². The summed E-state index contributed by atoms with van der Waals surface area (Å²) in [5.41, 5.74) is 5.47. The van der Waals surface area contributed by atoms with E-state index in [-0.39, 0.29) is 11.5 Å². The average Bonchev–Trinajstić information content (AvgIpc) is 3.21. The van der Waals surface area contributed by atoms with Gasteiger partial charge in [0.05, 0.1) is 5.57 Å². The Hall–Kier alpha value is -3.64. The fourth-order valence-corrected chi connectivity index (χ4v) is 4.12. The van der Waals surface area contributed by atoms with Crippen molar-refractivity contribution in [3.63, 3.8) is 0 Å². The van der Waals surface area contributed by atoms with Gasteiger partial charge < -0.3 is 19.7 Å². The second-order valence-corrected chi connectivity index (χ2v) is 8.73. The van der Waals surface area contributed by atoms with Crippen molar-refractivity contribution in [3.05, 3.63) is 83.7 Å². The molecule has 2 rings (SSSR count). The van der Waals surface area contributed by atoms with Crippen molar-refractivity contribution in [2.75, 3.05) is 45.7 Å². The number of nitrogens with one attached hydrogen (secondary N) is 1. The fourth-order valence-electron chi connectivity index (χ4n) is 4.12. The standard InChI is InChI=1S/C30H40N4O2/c1-9-12-16-27-22(4)25(20-34(27)19-18-32(7)10-2)26(21-35)29(30(36)31-6)23(5)24-15-13-14-17-28(24)33(8)11-3/h9,12-17,20-21H,1,5,10-11,18-19H2,2-4,6-8H3,(H,31,36)/b16-12-,29-26+. The van der Waals surface area contributed by atoms with Crippen LogP contribution in [0.25, 0.3) is 17.2 Å². The zero-order valence-electron chi connectivity index (χ0n) is 22.6. The molecule has 0 saturated heterocycles. The summed E-state index contributed by atoms with van der Waals surface area (Å²) >= 11 is 0. The van der Waals surface area contributed by atoms with E-state index in [1.165, 1.54) is 0 Å². The first-order chi connectivity index (χ1) is 17.2. The molecular weight excluding hydrogens is 448 g/mol. The molecule has 2 aromatic rings.